The summed E-state index contributed by atoms with van der Waals surface area (Å²) in [5, 5.41) is 0. The number of rotatable bonds is 2. The predicted molar refractivity (Wildman–Crippen MR) is 91.2 cm³/mol. The lowest BCUT2D eigenvalue weighted by atomic mass is 10.1. The monoisotopic (exact) mass is 385 g/mol. The molecule has 0 aliphatic heterocycles. The van der Waals surface area contributed by atoms with Gasteiger partial charge in [-0.1, -0.05) is 27.5 Å². The first-order chi connectivity index (χ1) is 9.90. The van der Waals surface area contributed by atoms with Gasteiger partial charge in [0.15, 0.2) is 0 Å². The minimum absolute atomic E-state index is 0.0539. The Hall–Kier alpha value is -1.08. The molecule has 1 unspecified atom stereocenters. The molecule has 0 saturated carbocycles. The molecular weight excluding hydrogens is 374 g/mol. The van der Waals surface area contributed by atoms with E-state index in [1.165, 1.54) is 11.3 Å². The summed E-state index contributed by atoms with van der Waals surface area (Å²) < 4.78 is 4.84. The highest BCUT2D eigenvalue weighted by atomic mass is 79.9. The van der Waals surface area contributed by atoms with Crippen molar-refractivity contribution < 1.29 is 0 Å². The number of imidazole rings is 1. The molecular formula is C14H13BrClN3OS. The van der Waals surface area contributed by atoms with Crippen LogP contribution >= 0.6 is 38.9 Å². The Bertz CT molecular complexity index is 896. The summed E-state index contributed by atoms with van der Waals surface area (Å²) in [6, 6.07) is 7.38. The molecule has 3 aromatic rings. The summed E-state index contributed by atoms with van der Waals surface area (Å²) >= 11 is 11.0. The number of nitrogens with two attached hydrogens (primary N) is 1. The van der Waals surface area contributed by atoms with Crippen molar-refractivity contribution in [3.05, 3.63) is 54.0 Å². The summed E-state index contributed by atoms with van der Waals surface area (Å²) in [6.45, 7) is 0. The predicted octanol–water partition coefficient (Wildman–Crippen LogP) is 3.40. The van der Waals surface area contributed by atoms with E-state index in [-0.39, 0.29) is 11.7 Å². The number of fused-ring (bicyclic) bond motifs is 1. The standard InChI is InChI=1S/C14H13BrClN3OS/c1-18-9-5-7(13(17)11-3-4-12(16)21-11)8(15)6-10(9)19(2)14(18)20/h3-6,13H,17H2,1-2H3. The zero-order valence-corrected chi connectivity index (χ0v) is 14.6. The fourth-order valence-corrected chi connectivity index (χ4v) is 4.08. The van der Waals surface area contributed by atoms with Gasteiger partial charge in [0, 0.05) is 23.4 Å². The molecule has 110 valence electrons. The van der Waals surface area contributed by atoms with E-state index in [4.69, 9.17) is 17.3 Å². The Morgan fingerprint density at radius 2 is 1.86 bits per heavy atom. The first-order valence-corrected chi connectivity index (χ1v) is 8.24. The Labute approximate surface area is 138 Å². The van der Waals surface area contributed by atoms with Crippen LogP contribution in [-0.2, 0) is 14.1 Å². The number of hydrogen-bond acceptors (Lipinski definition) is 3. The molecule has 0 fully saturated rings. The quantitative estimate of drug-likeness (QED) is 0.734. The molecule has 0 bridgehead atoms. The highest BCUT2D eigenvalue weighted by molar-refractivity contribution is 9.10. The Morgan fingerprint density at radius 1 is 1.24 bits per heavy atom. The van der Waals surface area contributed by atoms with Gasteiger partial charge >= 0.3 is 5.69 Å². The molecule has 0 radical (unpaired) electrons. The van der Waals surface area contributed by atoms with Crippen LogP contribution in [0, 0.1) is 0 Å². The maximum atomic E-state index is 12.0. The lowest BCUT2D eigenvalue weighted by Crippen LogP contribution is -2.19. The molecule has 1 atom stereocenters. The second-order valence-electron chi connectivity index (χ2n) is 4.88. The van der Waals surface area contributed by atoms with Crippen molar-refractivity contribution in [2.75, 3.05) is 0 Å². The van der Waals surface area contributed by atoms with Crippen LogP contribution in [0.4, 0.5) is 0 Å². The molecule has 3 rings (SSSR count). The zero-order valence-electron chi connectivity index (χ0n) is 11.4. The van der Waals surface area contributed by atoms with Crippen LogP contribution in [0.25, 0.3) is 11.0 Å². The van der Waals surface area contributed by atoms with Crippen LogP contribution in [-0.4, -0.2) is 9.13 Å². The van der Waals surface area contributed by atoms with Gasteiger partial charge in [0.2, 0.25) is 0 Å². The number of benzene rings is 1. The summed E-state index contributed by atoms with van der Waals surface area (Å²) in [5.41, 5.74) is 8.95. The minimum atomic E-state index is -0.281. The van der Waals surface area contributed by atoms with Crippen molar-refractivity contribution >= 4 is 49.9 Å². The molecule has 0 spiro atoms. The second-order valence-corrected chi connectivity index (χ2v) is 7.48. The Morgan fingerprint density at radius 3 is 2.43 bits per heavy atom. The topological polar surface area (TPSA) is 53.0 Å². The molecule has 1 aromatic carbocycles. The zero-order chi connectivity index (χ0) is 15.3. The third-order valence-electron chi connectivity index (χ3n) is 3.63. The van der Waals surface area contributed by atoms with E-state index in [1.54, 1.807) is 23.2 Å². The highest BCUT2D eigenvalue weighted by Gasteiger charge is 2.18. The molecule has 0 aliphatic carbocycles. The number of aryl methyl sites for hydroxylation is 2. The first-order valence-electron chi connectivity index (χ1n) is 6.26. The lowest BCUT2D eigenvalue weighted by molar-refractivity contribution is 0.795. The third kappa shape index (κ3) is 2.36. The van der Waals surface area contributed by atoms with Crippen molar-refractivity contribution in [1.29, 1.82) is 0 Å². The largest absolute Gasteiger partial charge is 0.328 e. The second kappa shape index (κ2) is 5.28. The molecule has 2 heterocycles. The van der Waals surface area contributed by atoms with Crippen LogP contribution in [0.2, 0.25) is 4.34 Å². The number of hydrogen-bond donors (Lipinski definition) is 1. The molecule has 2 N–H and O–H groups in total. The van der Waals surface area contributed by atoms with Crippen molar-refractivity contribution in [3.8, 4) is 0 Å². The maximum Gasteiger partial charge on any atom is 0.328 e. The number of thiophene rings is 1. The summed E-state index contributed by atoms with van der Waals surface area (Å²) in [6.07, 6.45) is 0. The van der Waals surface area contributed by atoms with Crippen LogP contribution in [0.1, 0.15) is 16.5 Å². The van der Waals surface area contributed by atoms with E-state index >= 15 is 0 Å². The average molecular weight is 387 g/mol. The highest BCUT2D eigenvalue weighted by Crippen LogP contribution is 2.34. The van der Waals surface area contributed by atoms with E-state index in [0.29, 0.717) is 4.34 Å². The van der Waals surface area contributed by atoms with E-state index in [0.717, 1.165) is 25.9 Å². The molecule has 0 saturated heterocycles. The van der Waals surface area contributed by atoms with E-state index < -0.39 is 0 Å². The van der Waals surface area contributed by atoms with Gasteiger partial charge in [-0.2, -0.15) is 0 Å². The van der Waals surface area contributed by atoms with Gasteiger partial charge < -0.3 is 5.73 Å². The smallest absolute Gasteiger partial charge is 0.320 e. The fourth-order valence-electron chi connectivity index (χ4n) is 2.42. The van der Waals surface area contributed by atoms with E-state index in [9.17, 15) is 4.79 Å². The van der Waals surface area contributed by atoms with Crippen LogP contribution in [0.15, 0.2) is 33.5 Å². The van der Waals surface area contributed by atoms with Gasteiger partial charge in [-0.15, -0.1) is 11.3 Å². The fraction of sp³-hybridized carbons (Fsp3) is 0.214. The Balaban J connectivity index is 2.21. The number of nitrogens with zero attached hydrogens (tertiary/aromatic N) is 2. The van der Waals surface area contributed by atoms with Gasteiger partial charge in [-0.05, 0) is 29.8 Å². The van der Waals surface area contributed by atoms with Gasteiger partial charge in [0.1, 0.15) is 0 Å². The molecule has 21 heavy (non-hydrogen) atoms. The molecule has 4 nitrogen and oxygen atoms in total. The van der Waals surface area contributed by atoms with Crippen LogP contribution in [0.3, 0.4) is 0 Å². The van der Waals surface area contributed by atoms with Gasteiger partial charge in [-0.3, -0.25) is 9.13 Å². The van der Waals surface area contributed by atoms with Crippen molar-refractivity contribution in [3.63, 3.8) is 0 Å². The summed E-state index contributed by atoms with van der Waals surface area (Å²) in [5.74, 6) is 0. The van der Waals surface area contributed by atoms with Gasteiger partial charge in [-0.25, -0.2) is 4.79 Å². The molecule has 2 aromatic heterocycles. The number of halogens is 2. The van der Waals surface area contributed by atoms with E-state index in [2.05, 4.69) is 15.9 Å². The lowest BCUT2D eigenvalue weighted by Gasteiger charge is -2.13. The molecule has 7 heteroatoms. The first kappa shape index (κ1) is 14.8. The molecule has 0 aliphatic rings. The van der Waals surface area contributed by atoms with Crippen LogP contribution in [0.5, 0.6) is 0 Å². The van der Waals surface area contributed by atoms with Gasteiger partial charge in [0.25, 0.3) is 0 Å². The Kier molecular flexibility index (Phi) is 3.73. The molecule has 0 amide bonds. The maximum absolute atomic E-state index is 12.0. The average Bonchev–Trinajstić information content (AvgIpc) is 2.97. The minimum Gasteiger partial charge on any atom is -0.320 e. The summed E-state index contributed by atoms with van der Waals surface area (Å²) in [7, 11) is 3.52. The van der Waals surface area contributed by atoms with Crippen LogP contribution < -0.4 is 11.4 Å². The number of aromatic nitrogens is 2. The third-order valence-corrected chi connectivity index (χ3v) is 5.63. The summed E-state index contributed by atoms with van der Waals surface area (Å²) in [4.78, 5) is 13.0. The normalized spacial score (nSPS) is 13.0. The van der Waals surface area contributed by atoms with E-state index in [1.807, 2.05) is 24.3 Å². The SMILES string of the molecule is Cn1c(=O)n(C)c2cc(C(N)c3ccc(Cl)s3)c(Br)cc21. The van der Waals surface area contributed by atoms with Crippen molar-refractivity contribution in [2.24, 2.45) is 19.8 Å². The van der Waals surface area contributed by atoms with Gasteiger partial charge in [0.05, 0.1) is 21.4 Å². The van der Waals surface area contributed by atoms with Crippen molar-refractivity contribution in [2.45, 2.75) is 6.04 Å². The van der Waals surface area contributed by atoms with Crippen molar-refractivity contribution in [1.82, 2.24) is 9.13 Å².